The lowest BCUT2D eigenvalue weighted by atomic mass is 10.2. The number of nitriles is 1. The van der Waals surface area contributed by atoms with Gasteiger partial charge in [-0.15, -0.1) is 12.4 Å². The number of para-hydroxylation sites is 1. The first kappa shape index (κ1) is 17.7. The Morgan fingerprint density at radius 1 is 1.12 bits per heavy atom. The number of rotatable bonds is 3. The molecule has 0 saturated heterocycles. The van der Waals surface area contributed by atoms with E-state index in [-0.39, 0.29) is 12.4 Å². The number of fused-ring (bicyclic) bond motifs is 1. The van der Waals surface area contributed by atoms with Gasteiger partial charge in [-0.25, -0.2) is 4.98 Å². The average Bonchev–Trinajstić information content (AvgIpc) is 3.22. The molecule has 2 aromatic heterocycles. The van der Waals surface area contributed by atoms with Crippen LogP contribution in [0.1, 0.15) is 16.8 Å². The number of aromatic nitrogens is 3. The number of halogens is 1. The Hall–Kier alpha value is -3.07. The van der Waals surface area contributed by atoms with Gasteiger partial charge in [-0.3, -0.25) is 9.13 Å². The first-order valence-corrected chi connectivity index (χ1v) is 8.07. The fourth-order valence-corrected chi connectivity index (χ4v) is 3.16. The van der Waals surface area contributed by atoms with Gasteiger partial charge in [0.1, 0.15) is 23.8 Å². The highest BCUT2D eigenvalue weighted by Crippen LogP contribution is 2.32. The van der Waals surface area contributed by atoms with Gasteiger partial charge in [0, 0.05) is 23.8 Å². The number of hydrogen-bond donors (Lipinski definition) is 1. The molecule has 4 rings (SSSR count). The van der Waals surface area contributed by atoms with Crippen molar-refractivity contribution in [2.24, 2.45) is 5.73 Å². The third kappa shape index (κ3) is 2.76. The van der Waals surface area contributed by atoms with Gasteiger partial charge in [-0.1, -0.05) is 30.3 Å². The van der Waals surface area contributed by atoms with E-state index in [2.05, 4.69) is 15.6 Å². The van der Waals surface area contributed by atoms with Crippen molar-refractivity contribution in [2.45, 2.75) is 13.5 Å². The molecule has 0 aliphatic carbocycles. The molecule has 2 aromatic carbocycles. The van der Waals surface area contributed by atoms with Crippen LogP contribution in [0.5, 0.6) is 0 Å². The van der Waals surface area contributed by atoms with Crippen molar-refractivity contribution in [3.05, 3.63) is 77.9 Å². The van der Waals surface area contributed by atoms with Gasteiger partial charge in [0.25, 0.3) is 0 Å². The van der Waals surface area contributed by atoms with Crippen LogP contribution < -0.4 is 5.73 Å². The Balaban J connectivity index is 0.00000196. The molecule has 2 N–H and O–H groups in total. The molecule has 130 valence electrons. The molecular formula is C20H18ClN5. The second kappa shape index (κ2) is 7.04. The molecule has 0 unspecified atom stereocenters. The topological polar surface area (TPSA) is 72.6 Å². The van der Waals surface area contributed by atoms with Crippen LogP contribution in [0.15, 0.2) is 61.1 Å². The summed E-state index contributed by atoms with van der Waals surface area (Å²) in [6.45, 7) is 2.44. The second-order valence-electron chi connectivity index (χ2n) is 5.96. The smallest absolute Gasteiger partial charge is 0.142 e. The van der Waals surface area contributed by atoms with Crippen molar-refractivity contribution in [1.82, 2.24) is 14.1 Å². The van der Waals surface area contributed by atoms with Crippen molar-refractivity contribution >= 4 is 23.3 Å². The van der Waals surface area contributed by atoms with Gasteiger partial charge < -0.3 is 5.73 Å². The summed E-state index contributed by atoms with van der Waals surface area (Å²) in [7, 11) is 0. The molecule has 4 aromatic rings. The van der Waals surface area contributed by atoms with Crippen molar-refractivity contribution in [3.63, 3.8) is 0 Å². The molecule has 0 atom stereocenters. The van der Waals surface area contributed by atoms with Crippen LogP contribution in [0.4, 0.5) is 0 Å². The molecule has 0 saturated carbocycles. The molecule has 0 fully saturated rings. The zero-order chi connectivity index (χ0) is 17.4. The molecule has 6 heteroatoms. The first-order valence-electron chi connectivity index (χ1n) is 8.07. The lowest BCUT2D eigenvalue weighted by Gasteiger charge is -2.12. The van der Waals surface area contributed by atoms with Crippen molar-refractivity contribution in [1.29, 1.82) is 5.26 Å². The minimum Gasteiger partial charge on any atom is -0.326 e. The van der Waals surface area contributed by atoms with Crippen LogP contribution in [-0.2, 0) is 6.54 Å². The summed E-state index contributed by atoms with van der Waals surface area (Å²) in [5.74, 6) is 0.796. The highest BCUT2D eigenvalue weighted by atomic mass is 35.5. The third-order valence-corrected chi connectivity index (χ3v) is 4.35. The minimum absolute atomic E-state index is 0. The van der Waals surface area contributed by atoms with E-state index < -0.39 is 0 Å². The predicted molar refractivity (Wildman–Crippen MR) is 105 cm³/mol. The summed E-state index contributed by atoms with van der Waals surface area (Å²) >= 11 is 0. The fourth-order valence-electron chi connectivity index (χ4n) is 3.16. The largest absolute Gasteiger partial charge is 0.326 e. The highest BCUT2D eigenvalue weighted by Gasteiger charge is 2.19. The summed E-state index contributed by atoms with van der Waals surface area (Å²) in [5.41, 5.74) is 10.3. The SMILES string of the molecule is Cc1cn(-c2c(C#N)c3ccccc3n2-c2ccc(CN)cc2)cn1.Cl. The summed E-state index contributed by atoms with van der Waals surface area (Å²) in [6.07, 6.45) is 3.68. The maximum Gasteiger partial charge on any atom is 0.142 e. The van der Waals surface area contributed by atoms with E-state index in [0.29, 0.717) is 12.1 Å². The van der Waals surface area contributed by atoms with Crippen LogP contribution >= 0.6 is 12.4 Å². The van der Waals surface area contributed by atoms with Crippen LogP contribution in [-0.4, -0.2) is 14.1 Å². The molecule has 0 aliphatic heterocycles. The third-order valence-electron chi connectivity index (χ3n) is 4.35. The van der Waals surface area contributed by atoms with Crippen LogP contribution in [0, 0.1) is 18.3 Å². The molecule has 26 heavy (non-hydrogen) atoms. The van der Waals surface area contributed by atoms with Gasteiger partial charge >= 0.3 is 0 Å². The number of aryl methyl sites for hydroxylation is 1. The Labute approximate surface area is 157 Å². The molecule has 0 aliphatic rings. The molecule has 5 nitrogen and oxygen atoms in total. The van der Waals surface area contributed by atoms with E-state index in [1.165, 1.54) is 0 Å². The maximum absolute atomic E-state index is 9.81. The van der Waals surface area contributed by atoms with E-state index in [4.69, 9.17) is 5.73 Å². The van der Waals surface area contributed by atoms with E-state index >= 15 is 0 Å². The highest BCUT2D eigenvalue weighted by molar-refractivity contribution is 5.92. The van der Waals surface area contributed by atoms with Gasteiger partial charge in [0.2, 0.25) is 0 Å². The molecule has 0 radical (unpaired) electrons. The van der Waals surface area contributed by atoms with Gasteiger partial charge in [0.05, 0.1) is 11.2 Å². The van der Waals surface area contributed by atoms with Crippen LogP contribution in [0.25, 0.3) is 22.4 Å². The van der Waals surface area contributed by atoms with Gasteiger partial charge in [0.15, 0.2) is 0 Å². The Bertz CT molecular complexity index is 1100. The average molecular weight is 364 g/mol. The fraction of sp³-hybridized carbons (Fsp3) is 0.100. The lowest BCUT2D eigenvalue weighted by molar-refractivity contribution is 0.937. The summed E-state index contributed by atoms with van der Waals surface area (Å²) in [5, 5.41) is 10.7. The van der Waals surface area contributed by atoms with E-state index in [1.807, 2.05) is 66.2 Å². The summed E-state index contributed by atoms with van der Waals surface area (Å²) in [4.78, 5) is 4.32. The zero-order valence-corrected chi connectivity index (χ0v) is 15.1. The molecule has 2 heterocycles. The normalized spacial score (nSPS) is 10.5. The van der Waals surface area contributed by atoms with Gasteiger partial charge in [-0.2, -0.15) is 5.26 Å². The van der Waals surface area contributed by atoms with E-state index in [1.54, 1.807) is 6.33 Å². The van der Waals surface area contributed by atoms with Crippen LogP contribution in [0.3, 0.4) is 0 Å². The first-order chi connectivity index (χ1) is 12.2. The number of hydrogen-bond acceptors (Lipinski definition) is 3. The number of nitrogens with two attached hydrogens (primary N) is 1. The van der Waals surface area contributed by atoms with Crippen molar-refractivity contribution < 1.29 is 0 Å². The lowest BCUT2D eigenvalue weighted by Crippen LogP contribution is -2.04. The summed E-state index contributed by atoms with van der Waals surface area (Å²) in [6, 6.07) is 18.4. The Morgan fingerprint density at radius 3 is 2.46 bits per heavy atom. The van der Waals surface area contributed by atoms with E-state index in [0.717, 1.165) is 33.7 Å². The van der Waals surface area contributed by atoms with Crippen LogP contribution in [0.2, 0.25) is 0 Å². The predicted octanol–water partition coefficient (Wildman–Crippen LogP) is 3.88. The van der Waals surface area contributed by atoms with E-state index in [9.17, 15) is 5.26 Å². The molecular weight excluding hydrogens is 346 g/mol. The Morgan fingerprint density at radius 2 is 1.85 bits per heavy atom. The molecule has 0 amide bonds. The van der Waals surface area contributed by atoms with Crippen molar-refractivity contribution in [3.8, 4) is 17.6 Å². The van der Waals surface area contributed by atoms with Gasteiger partial charge in [-0.05, 0) is 30.7 Å². The monoisotopic (exact) mass is 363 g/mol. The Kier molecular flexibility index (Phi) is 4.81. The van der Waals surface area contributed by atoms with Crippen molar-refractivity contribution in [2.75, 3.05) is 0 Å². The standard InChI is InChI=1S/C20H17N5.ClH/c1-14-12-24(13-23-14)20-18(11-22)17-4-2-3-5-19(17)25(20)16-8-6-15(10-21)7-9-16;/h2-9,12-13H,10,21H2,1H3;1H. The maximum atomic E-state index is 9.81. The quantitative estimate of drug-likeness (QED) is 0.600. The number of nitrogens with zero attached hydrogens (tertiary/aromatic N) is 4. The number of imidazole rings is 1. The number of benzene rings is 2. The second-order valence-corrected chi connectivity index (χ2v) is 5.96. The summed E-state index contributed by atoms with van der Waals surface area (Å²) < 4.78 is 4.00. The molecule has 0 spiro atoms. The minimum atomic E-state index is 0. The zero-order valence-electron chi connectivity index (χ0n) is 14.3. The molecule has 0 bridgehead atoms.